The maximum absolute atomic E-state index is 3.68. The first kappa shape index (κ1) is 11.8. The largest absolute Gasteiger partial charge is 0.350 e. The molecule has 18 heavy (non-hydrogen) atoms. The van der Waals surface area contributed by atoms with Crippen LogP contribution in [0.25, 0.3) is 10.9 Å². The SMILES string of the molecule is CN1CCCNC(c2cn(C)c3ccccc23)C1. The zero-order valence-electron chi connectivity index (χ0n) is 11.2. The fraction of sp³-hybridized carbons (Fsp3) is 0.467. The van der Waals surface area contributed by atoms with Crippen LogP contribution in [-0.2, 0) is 7.05 Å². The molecular formula is C15H21N3. The van der Waals surface area contributed by atoms with Crippen molar-refractivity contribution in [1.82, 2.24) is 14.8 Å². The van der Waals surface area contributed by atoms with Crippen molar-refractivity contribution in [2.45, 2.75) is 12.5 Å². The molecule has 3 rings (SSSR count). The molecule has 3 heteroatoms. The number of nitrogens with zero attached hydrogens (tertiary/aromatic N) is 2. The van der Waals surface area contributed by atoms with Crippen molar-refractivity contribution in [3.05, 3.63) is 36.0 Å². The maximum Gasteiger partial charge on any atom is 0.0481 e. The van der Waals surface area contributed by atoms with E-state index in [1.165, 1.54) is 29.4 Å². The molecular weight excluding hydrogens is 222 g/mol. The fourth-order valence-electron chi connectivity index (χ4n) is 2.95. The zero-order chi connectivity index (χ0) is 12.5. The summed E-state index contributed by atoms with van der Waals surface area (Å²) in [5.41, 5.74) is 2.75. The Balaban J connectivity index is 2.02. The predicted molar refractivity (Wildman–Crippen MR) is 75.8 cm³/mol. The molecule has 1 aliphatic heterocycles. The summed E-state index contributed by atoms with van der Waals surface area (Å²) in [5.74, 6) is 0. The third-order valence-electron chi connectivity index (χ3n) is 3.90. The Morgan fingerprint density at radius 2 is 2.06 bits per heavy atom. The molecule has 2 heterocycles. The molecule has 1 N–H and O–H groups in total. The van der Waals surface area contributed by atoms with Gasteiger partial charge in [0.25, 0.3) is 0 Å². The van der Waals surface area contributed by atoms with Gasteiger partial charge < -0.3 is 14.8 Å². The molecule has 1 saturated heterocycles. The highest BCUT2D eigenvalue weighted by Crippen LogP contribution is 2.27. The second-order valence-corrected chi connectivity index (χ2v) is 5.34. The van der Waals surface area contributed by atoms with Gasteiger partial charge in [0.1, 0.15) is 0 Å². The second kappa shape index (κ2) is 4.75. The van der Waals surface area contributed by atoms with E-state index in [9.17, 15) is 0 Å². The molecule has 0 amide bonds. The van der Waals surface area contributed by atoms with E-state index >= 15 is 0 Å². The molecule has 1 fully saturated rings. The van der Waals surface area contributed by atoms with Crippen LogP contribution in [0, 0.1) is 0 Å². The molecule has 1 aliphatic rings. The molecule has 1 aromatic carbocycles. The van der Waals surface area contributed by atoms with Gasteiger partial charge in [0, 0.05) is 36.7 Å². The monoisotopic (exact) mass is 243 g/mol. The first-order chi connectivity index (χ1) is 8.75. The highest BCUT2D eigenvalue weighted by molar-refractivity contribution is 5.84. The molecule has 1 unspecified atom stereocenters. The molecule has 1 atom stereocenters. The Morgan fingerprint density at radius 3 is 2.94 bits per heavy atom. The van der Waals surface area contributed by atoms with Gasteiger partial charge in [-0.2, -0.15) is 0 Å². The first-order valence-electron chi connectivity index (χ1n) is 6.71. The van der Waals surface area contributed by atoms with Gasteiger partial charge in [-0.3, -0.25) is 0 Å². The first-order valence-corrected chi connectivity index (χ1v) is 6.71. The maximum atomic E-state index is 3.68. The number of benzene rings is 1. The summed E-state index contributed by atoms with van der Waals surface area (Å²) < 4.78 is 2.23. The summed E-state index contributed by atoms with van der Waals surface area (Å²) in [6.45, 7) is 3.39. The van der Waals surface area contributed by atoms with Crippen LogP contribution < -0.4 is 5.32 Å². The van der Waals surface area contributed by atoms with Crippen LogP contribution in [0.2, 0.25) is 0 Å². The minimum Gasteiger partial charge on any atom is -0.350 e. The number of aromatic nitrogens is 1. The van der Waals surface area contributed by atoms with Crippen molar-refractivity contribution in [3.63, 3.8) is 0 Å². The molecule has 2 aromatic rings. The van der Waals surface area contributed by atoms with Gasteiger partial charge in [-0.1, -0.05) is 18.2 Å². The highest BCUT2D eigenvalue weighted by Gasteiger charge is 2.20. The van der Waals surface area contributed by atoms with Gasteiger partial charge in [0.05, 0.1) is 0 Å². The van der Waals surface area contributed by atoms with Gasteiger partial charge in [-0.15, -0.1) is 0 Å². The van der Waals surface area contributed by atoms with Crippen molar-refractivity contribution in [3.8, 4) is 0 Å². The van der Waals surface area contributed by atoms with Gasteiger partial charge >= 0.3 is 0 Å². The standard InChI is InChI=1S/C15H21N3/c1-17-9-5-8-16-14(11-17)13-10-18(2)15-7-4-3-6-12(13)15/h3-4,6-7,10,14,16H,5,8-9,11H2,1-2H3. The molecule has 3 nitrogen and oxygen atoms in total. The lowest BCUT2D eigenvalue weighted by molar-refractivity contribution is 0.327. The van der Waals surface area contributed by atoms with Crippen molar-refractivity contribution >= 4 is 10.9 Å². The van der Waals surface area contributed by atoms with E-state index in [4.69, 9.17) is 0 Å². The lowest BCUT2D eigenvalue weighted by atomic mass is 10.1. The van der Waals surface area contributed by atoms with E-state index in [-0.39, 0.29) is 0 Å². The van der Waals surface area contributed by atoms with Crippen LogP contribution in [0.5, 0.6) is 0 Å². The lowest BCUT2D eigenvalue weighted by Crippen LogP contribution is -2.28. The van der Waals surface area contributed by atoms with E-state index in [1.807, 2.05) is 0 Å². The third kappa shape index (κ3) is 2.04. The average molecular weight is 243 g/mol. The molecule has 0 bridgehead atoms. The van der Waals surface area contributed by atoms with E-state index < -0.39 is 0 Å². The average Bonchev–Trinajstić information content (AvgIpc) is 2.57. The van der Waals surface area contributed by atoms with E-state index in [1.54, 1.807) is 0 Å². The Kier molecular flexibility index (Phi) is 3.10. The zero-order valence-corrected chi connectivity index (χ0v) is 11.2. The number of hydrogen-bond donors (Lipinski definition) is 1. The Hall–Kier alpha value is -1.32. The smallest absolute Gasteiger partial charge is 0.0481 e. The Labute approximate surface area is 108 Å². The van der Waals surface area contributed by atoms with Crippen LogP contribution in [0.15, 0.2) is 30.5 Å². The van der Waals surface area contributed by atoms with Crippen molar-refractivity contribution in [2.75, 3.05) is 26.7 Å². The van der Waals surface area contributed by atoms with Gasteiger partial charge in [-0.05, 0) is 38.2 Å². The van der Waals surface area contributed by atoms with Gasteiger partial charge in [0.2, 0.25) is 0 Å². The number of aryl methyl sites for hydroxylation is 1. The summed E-state index contributed by atoms with van der Waals surface area (Å²) in [6, 6.07) is 9.12. The number of fused-ring (bicyclic) bond motifs is 1. The van der Waals surface area contributed by atoms with Crippen LogP contribution in [0.4, 0.5) is 0 Å². The Bertz CT molecular complexity index is 544. The molecule has 0 aliphatic carbocycles. The van der Waals surface area contributed by atoms with Crippen LogP contribution >= 0.6 is 0 Å². The Morgan fingerprint density at radius 1 is 1.22 bits per heavy atom. The summed E-state index contributed by atoms with van der Waals surface area (Å²) in [4.78, 5) is 2.42. The van der Waals surface area contributed by atoms with Crippen molar-refractivity contribution in [1.29, 1.82) is 0 Å². The minimum atomic E-state index is 0.448. The molecule has 96 valence electrons. The van der Waals surface area contributed by atoms with Crippen molar-refractivity contribution < 1.29 is 0 Å². The molecule has 0 spiro atoms. The van der Waals surface area contributed by atoms with Gasteiger partial charge in [0.15, 0.2) is 0 Å². The summed E-state index contributed by atoms with van der Waals surface area (Å²) >= 11 is 0. The minimum absolute atomic E-state index is 0.448. The van der Waals surface area contributed by atoms with E-state index in [0.29, 0.717) is 6.04 Å². The number of likely N-dealkylation sites (N-methyl/N-ethyl adjacent to an activating group) is 1. The molecule has 0 saturated carbocycles. The van der Waals surface area contributed by atoms with E-state index in [2.05, 4.69) is 59.3 Å². The highest BCUT2D eigenvalue weighted by atomic mass is 15.1. The summed E-state index contributed by atoms with van der Waals surface area (Å²) in [7, 11) is 4.34. The second-order valence-electron chi connectivity index (χ2n) is 5.34. The van der Waals surface area contributed by atoms with Crippen molar-refractivity contribution in [2.24, 2.45) is 7.05 Å². The summed E-state index contributed by atoms with van der Waals surface area (Å²) in [5, 5.41) is 5.06. The number of rotatable bonds is 1. The lowest BCUT2D eigenvalue weighted by Gasteiger charge is -2.20. The van der Waals surface area contributed by atoms with Crippen LogP contribution in [0.1, 0.15) is 18.0 Å². The third-order valence-corrected chi connectivity index (χ3v) is 3.90. The van der Waals surface area contributed by atoms with Crippen LogP contribution in [0.3, 0.4) is 0 Å². The normalized spacial score (nSPS) is 22.2. The topological polar surface area (TPSA) is 20.2 Å². The summed E-state index contributed by atoms with van der Waals surface area (Å²) in [6.07, 6.45) is 3.51. The molecule has 1 aromatic heterocycles. The number of para-hydroxylation sites is 1. The molecule has 0 radical (unpaired) electrons. The predicted octanol–water partition coefficient (Wildman–Crippen LogP) is 2.14. The number of nitrogens with one attached hydrogen (secondary N) is 1. The quantitative estimate of drug-likeness (QED) is 0.828. The van der Waals surface area contributed by atoms with Gasteiger partial charge in [-0.25, -0.2) is 0 Å². The number of hydrogen-bond acceptors (Lipinski definition) is 2. The van der Waals surface area contributed by atoms with Crippen LogP contribution in [-0.4, -0.2) is 36.1 Å². The fourth-order valence-corrected chi connectivity index (χ4v) is 2.95. The van der Waals surface area contributed by atoms with E-state index in [0.717, 1.165) is 13.1 Å².